The Morgan fingerprint density at radius 3 is 1.61 bits per heavy atom. The molecule has 0 aromatic rings. The van der Waals surface area contributed by atoms with Crippen LogP contribution in [-0.4, -0.2) is 29.3 Å². The molecule has 0 saturated carbocycles. The van der Waals surface area contributed by atoms with Gasteiger partial charge in [-0.15, -0.1) is 0 Å². The van der Waals surface area contributed by atoms with E-state index in [-0.39, 0.29) is 6.42 Å². The number of rotatable bonds is 15. The summed E-state index contributed by atoms with van der Waals surface area (Å²) in [6.07, 6.45) is 13.8. The maximum atomic E-state index is 11.2. The SMILES string of the molecule is CCCCCCCCCCCCCCC(C(=O)NO)S(=O)(=O)O. The van der Waals surface area contributed by atoms with E-state index in [1.165, 1.54) is 56.8 Å². The number of unbranched alkanes of at least 4 members (excludes halogenated alkanes) is 11. The van der Waals surface area contributed by atoms with E-state index in [0.29, 0.717) is 6.42 Å². The van der Waals surface area contributed by atoms with Crippen molar-refractivity contribution in [1.29, 1.82) is 0 Å². The Labute approximate surface area is 140 Å². The molecular weight excluding hydrogens is 318 g/mol. The first-order valence-electron chi connectivity index (χ1n) is 8.83. The first-order valence-corrected chi connectivity index (χ1v) is 10.3. The number of carbonyl (C=O) groups is 1. The third-order valence-electron chi connectivity index (χ3n) is 4.08. The van der Waals surface area contributed by atoms with E-state index in [1.807, 2.05) is 0 Å². The third kappa shape index (κ3) is 12.4. The molecule has 0 heterocycles. The molecule has 23 heavy (non-hydrogen) atoms. The van der Waals surface area contributed by atoms with E-state index in [2.05, 4.69) is 6.92 Å². The Morgan fingerprint density at radius 1 is 0.870 bits per heavy atom. The van der Waals surface area contributed by atoms with E-state index in [9.17, 15) is 13.2 Å². The monoisotopic (exact) mass is 351 g/mol. The molecule has 0 rings (SSSR count). The second-order valence-corrected chi connectivity index (χ2v) is 7.76. The van der Waals surface area contributed by atoms with E-state index in [0.717, 1.165) is 19.3 Å². The van der Waals surface area contributed by atoms with Crippen molar-refractivity contribution in [1.82, 2.24) is 5.48 Å². The summed E-state index contributed by atoms with van der Waals surface area (Å²) in [6, 6.07) is 0. The van der Waals surface area contributed by atoms with Crippen molar-refractivity contribution < 1.29 is 23.0 Å². The minimum Gasteiger partial charge on any atom is -0.289 e. The third-order valence-corrected chi connectivity index (χ3v) is 5.25. The van der Waals surface area contributed by atoms with Crippen LogP contribution in [0.3, 0.4) is 0 Å². The largest absolute Gasteiger partial charge is 0.289 e. The van der Waals surface area contributed by atoms with Gasteiger partial charge in [0.2, 0.25) is 0 Å². The Bertz CT molecular complexity index is 397. The fraction of sp³-hybridized carbons (Fsp3) is 0.938. The summed E-state index contributed by atoms with van der Waals surface area (Å²) in [5.41, 5.74) is 1.29. The fourth-order valence-corrected chi connectivity index (χ4v) is 3.45. The van der Waals surface area contributed by atoms with E-state index in [4.69, 9.17) is 9.76 Å². The maximum absolute atomic E-state index is 11.2. The number of amides is 1. The van der Waals surface area contributed by atoms with Crippen molar-refractivity contribution in [3.63, 3.8) is 0 Å². The van der Waals surface area contributed by atoms with E-state index >= 15 is 0 Å². The second kappa shape index (κ2) is 13.7. The summed E-state index contributed by atoms with van der Waals surface area (Å²) in [7, 11) is -4.46. The van der Waals surface area contributed by atoms with Crippen molar-refractivity contribution in [2.24, 2.45) is 0 Å². The normalized spacial score (nSPS) is 13.0. The molecule has 0 aliphatic carbocycles. The van der Waals surface area contributed by atoms with Crippen LogP contribution >= 0.6 is 0 Å². The van der Waals surface area contributed by atoms with E-state index < -0.39 is 21.3 Å². The first kappa shape index (κ1) is 22.3. The zero-order chi connectivity index (χ0) is 17.6. The van der Waals surface area contributed by atoms with Crippen molar-refractivity contribution in [2.45, 2.75) is 95.6 Å². The lowest BCUT2D eigenvalue weighted by atomic mass is 10.0. The lowest BCUT2D eigenvalue weighted by Gasteiger charge is -2.11. The summed E-state index contributed by atoms with van der Waals surface area (Å²) >= 11 is 0. The molecule has 0 fully saturated rings. The molecule has 1 atom stereocenters. The predicted octanol–water partition coefficient (Wildman–Crippen LogP) is 3.84. The highest BCUT2D eigenvalue weighted by atomic mass is 32.2. The Balaban J connectivity index is 3.56. The van der Waals surface area contributed by atoms with Crippen molar-refractivity contribution in [3.05, 3.63) is 0 Å². The van der Waals surface area contributed by atoms with Crippen LogP contribution in [0.2, 0.25) is 0 Å². The molecule has 0 spiro atoms. The summed E-state index contributed by atoms with van der Waals surface area (Å²) < 4.78 is 31.1. The van der Waals surface area contributed by atoms with Gasteiger partial charge in [-0.1, -0.05) is 84.0 Å². The summed E-state index contributed by atoms with van der Waals surface area (Å²) in [4.78, 5) is 11.2. The highest BCUT2D eigenvalue weighted by Crippen LogP contribution is 2.15. The summed E-state index contributed by atoms with van der Waals surface area (Å²) in [5, 5.41) is 6.91. The van der Waals surface area contributed by atoms with Gasteiger partial charge in [-0.3, -0.25) is 14.6 Å². The standard InChI is InChI=1S/C16H33NO5S/c1-2-3-4-5-6-7-8-9-10-11-12-13-14-15(16(18)17-19)23(20,21)22/h15,19H,2-14H2,1H3,(H,17,18)(H,20,21,22). The number of nitrogens with one attached hydrogen (secondary N) is 1. The quantitative estimate of drug-likeness (QED) is 0.180. The molecule has 0 bridgehead atoms. The maximum Gasteiger partial charge on any atom is 0.277 e. The lowest BCUT2D eigenvalue weighted by Crippen LogP contribution is -2.38. The zero-order valence-electron chi connectivity index (χ0n) is 14.3. The van der Waals surface area contributed by atoms with Gasteiger partial charge in [-0.25, -0.2) is 5.48 Å². The minimum absolute atomic E-state index is 0.0304. The van der Waals surface area contributed by atoms with Crippen LogP contribution in [-0.2, 0) is 14.9 Å². The highest BCUT2D eigenvalue weighted by Gasteiger charge is 2.30. The second-order valence-electron chi connectivity index (χ2n) is 6.16. The molecule has 138 valence electrons. The van der Waals surface area contributed by atoms with Gasteiger partial charge in [0.25, 0.3) is 16.0 Å². The van der Waals surface area contributed by atoms with Crippen LogP contribution in [0.1, 0.15) is 90.4 Å². The Kier molecular flexibility index (Phi) is 13.4. The molecule has 0 aliphatic heterocycles. The lowest BCUT2D eigenvalue weighted by molar-refractivity contribution is -0.129. The molecule has 7 heteroatoms. The molecule has 1 unspecified atom stereocenters. The number of hydroxylamine groups is 1. The van der Waals surface area contributed by atoms with Gasteiger partial charge in [0, 0.05) is 0 Å². The molecule has 0 aromatic carbocycles. The molecule has 0 aromatic heterocycles. The molecule has 0 saturated heterocycles. The van der Waals surface area contributed by atoms with Gasteiger partial charge in [0.05, 0.1) is 0 Å². The van der Waals surface area contributed by atoms with Gasteiger partial charge in [0.1, 0.15) is 0 Å². The van der Waals surface area contributed by atoms with E-state index in [1.54, 1.807) is 0 Å². The Hall–Kier alpha value is -0.660. The topological polar surface area (TPSA) is 104 Å². The molecule has 0 aliphatic rings. The smallest absolute Gasteiger partial charge is 0.277 e. The van der Waals surface area contributed by atoms with Crippen LogP contribution in [0.25, 0.3) is 0 Å². The molecule has 0 radical (unpaired) electrons. The van der Waals surface area contributed by atoms with Gasteiger partial charge in [-0.2, -0.15) is 8.42 Å². The van der Waals surface area contributed by atoms with Crippen molar-refractivity contribution in [3.8, 4) is 0 Å². The van der Waals surface area contributed by atoms with Gasteiger partial charge in [-0.05, 0) is 6.42 Å². The minimum atomic E-state index is -4.46. The fourth-order valence-electron chi connectivity index (χ4n) is 2.66. The average molecular weight is 352 g/mol. The first-order chi connectivity index (χ1) is 10.9. The summed E-state index contributed by atoms with van der Waals surface area (Å²) in [6.45, 7) is 2.22. The molecule has 1 amide bonds. The summed E-state index contributed by atoms with van der Waals surface area (Å²) in [5.74, 6) is -1.07. The van der Waals surface area contributed by atoms with Gasteiger partial charge in [0.15, 0.2) is 5.25 Å². The number of carbonyl (C=O) groups excluding carboxylic acids is 1. The highest BCUT2D eigenvalue weighted by molar-refractivity contribution is 7.87. The Morgan fingerprint density at radius 2 is 1.26 bits per heavy atom. The average Bonchev–Trinajstić information content (AvgIpc) is 2.50. The zero-order valence-corrected chi connectivity index (χ0v) is 15.1. The molecular formula is C16H33NO5S. The molecule has 3 N–H and O–H groups in total. The van der Waals surface area contributed by atoms with Crippen LogP contribution in [0, 0.1) is 0 Å². The van der Waals surface area contributed by atoms with Gasteiger partial charge < -0.3 is 0 Å². The van der Waals surface area contributed by atoms with Crippen LogP contribution in [0.15, 0.2) is 0 Å². The van der Waals surface area contributed by atoms with Crippen molar-refractivity contribution >= 4 is 16.0 Å². The van der Waals surface area contributed by atoms with Crippen LogP contribution in [0.5, 0.6) is 0 Å². The van der Waals surface area contributed by atoms with Crippen molar-refractivity contribution in [2.75, 3.05) is 0 Å². The number of hydrogen-bond donors (Lipinski definition) is 3. The molecule has 6 nitrogen and oxygen atoms in total. The van der Waals surface area contributed by atoms with Gasteiger partial charge >= 0.3 is 0 Å². The predicted molar refractivity (Wildman–Crippen MR) is 91.0 cm³/mol. The van der Waals surface area contributed by atoms with Crippen LogP contribution < -0.4 is 5.48 Å². The van der Waals surface area contributed by atoms with Crippen LogP contribution in [0.4, 0.5) is 0 Å². The number of hydrogen-bond acceptors (Lipinski definition) is 4.